The van der Waals surface area contributed by atoms with Crippen LogP contribution in [0.5, 0.6) is 0 Å². The summed E-state index contributed by atoms with van der Waals surface area (Å²) in [7, 11) is 0. The molecule has 0 spiro atoms. The Morgan fingerprint density at radius 1 is 1.46 bits per heavy atom. The van der Waals surface area contributed by atoms with Crippen LogP contribution < -0.4 is 5.56 Å². The molecule has 0 aliphatic carbocycles. The van der Waals surface area contributed by atoms with Gasteiger partial charge < -0.3 is 0 Å². The molecule has 3 nitrogen and oxygen atoms in total. The number of rotatable bonds is 1. The van der Waals surface area contributed by atoms with Crippen LogP contribution in [-0.4, -0.2) is 9.38 Å². The first-order valence-corrected chi connectivity index (χ1v) is 4.37. The van der Waals surface area contributed by atoms with Gasteiger partial charge in [-0.15, -0.1) is 11.6 Å². The number of hydrogen-bond acceptors (Lipinski definition) is 2. The van der Waals surface area contributed by atoms with Crippen molar-refractivity contribution in [2.45, 2.75) is 5.88 Å². The van der Waals surface area contributed by atoms with Crippen molar-refractivity contribution >= 4 is 17.2 Å². The van der Waals surface area contributed by atoms with E-state index in [4.69, 9.17) is 11.6 Å². The van der Waals surface area contributed by atoms with Crippen LogP contribution in [0.2, 0.25) is 0 Å². The summed E-state index contributed by atoms with van der Waals surface area (Å²) in [4.78, 5) is 15.7. The molecule has 4 heteroatoms. The van der Waals surface area contributed by atoms with E-state index in [0.717, 1.165) is 0 Å². The van der Waals surface area contributed by atoms with Gasteiger partial charge in [0.05, 0.1) is 11.4 Å². The molecule has 0 atom stereocenters. The Kier molecular flexibility index (Phi) is 2.02. The average molecular weight is 195 g/mol. The normalized spacial score (nSPS) is 10.5. The summed E-state index contributed by atoms with van der Waals surface area (Å²) in [6.07, 6.45) is 3.20. The molecule has 0 unspecified atom stereocenters. The lowest BCUT2D eigenvalue weighted by molar-refractivity contribution is 1.01. The second-order valence-corrected chi connectivity index (χ2v) is 2.92. The van der Waals surface area contributed by atoms with E-state index >= 15 is 0 Å². The van der Waals surface area contributed by atoms with Gasteiger partial charge in [0.2, 0.25) is 0 Å². The van der Waals surface area contributed by atoms with Crippen molar-refractivity contribution < 1.29 is 0 Å². The summed E-state index contributed by atoms with van der Waals surface area (Å²) in [5.41, 5.74) is 1.06. The maximum absolute atomic E-state index is 11.6. The summed E-state index contributed by atoms with van der Waals surface area (Å²) in [5.74, 6) is 0.198. The molecule has 0 N–H and O–H groups in total. The maximum atomic E-state index is 11.6. The predicted molar refractivity (Wildman–Crippen MR) is 51.0 cm³/mol. The second-order valence-electron chi connectivity index (χ2n) is 2.65. The number of aromatic nitrogens is 2. The quantitative estimate of drug-likeness (QED) is 0.644. The molecule has 13 heavy (non-hydrogen) atoms. The van der Waals surface area contributed by atoms with Crippen molar-refractivity contribution in [2.24, 2.45) is 0 Å². The van der Waals surface area contributed by atoms with Crippen LogP contribution in [-0.2, 0) is 5.88 Å². The molecule has 2 aromatic heterocycles. The summed E-state index contributed by atoms with van der Waals surface area (Å²) in [5, 5.41) is 0. The van der Waals surface area contributed by atoms with Gasteiger partial charge in [-0.25, -0.2) is 4.98 Å². The van der Waals surface area contributed by atoms with Crippen molar-refractivity contribution in [3.8, 4) is 0 Å². The first kappa shape index (κ1) is 8.26. The van der Waals surface area contributed by atoms with E-state index in [2.05, 4.69) is 4.98 Å². The zero-order valence-electron chi connectivity index (χ0n) is 6.77. The Morgan fingerprint density at radius 3 is 3.08 bits per heavy atom. The molecule has 0 aliphatic heterocycles. The van der Waals surface area contributed by atoms with E-state index < -0.39 is 0 Å². The van der Waals surface area contributed by atoms with Gasteiger partial charge in [-0.3, -0.25) is 9.20 Å². The smallest absolute Gasteiger partial charge is 0.262 e. The summed E-state index contributed by atoms with van der Waals surface area (Å²) < 4.78 is 1.48. The predicted octanol–water partition coefficient (Wildman–Crippen LogP) is 1.43. The van der Waals surface area contributed by atoms with E-state index in [1.54, 1.807) is 18.3 Å². The lowest BCUT2D eigenvalue weighted by atomic mass is 10.3. The summed E-state index contributed by atoms with van der Waals surface area (Å²) in [6.45, 7) is 0. The Morgan fingerprint density at radius 2 is 2.31 bits per heavy atom. The van der Waals surface area contributed by atoms with Crippen LogP contribution in [0.15, 0.2) is 35.4 Å². The Balaban J connectivity index is 2.87. The highest BCUT2D eigenvalue weighted by atomic mass is 35.5. The zero-order valence-corrected chi connectivity index (χ0v) is 7.53. The van der Waals surface area contributed by atoms with Crippen LogP contribution >= 0.6 is 11.6 Å². The van der Waals surface area contributed by atoms with Gasteiger partial charge in [-0.05, 0) is 12.1 Å². The third kappa shape index (κ3) is 1.31. The summed E-state index contributed by atoms with van der Waals surface area (Å²) >= 11 is 5.58. The van der Waals surface area contributed by atoms with Gasteiger partial charge in [-0.1, -0.05) is 6.07 Å². The van der Waals surface area contributed by atoms with Crippen molar-refractivity contribution in [3.05, 3.63) is 46.5 Å². The molecule has 66 valence electrons. The average Bonchev–Trinajstić information content (AvgIpc) is 2.19. The molecule has 2 rings (SSSR count). The Bertz CT molecular complexity index is 492. The van der Waals surface area contributed by atoms with Gasteiger partial charge >= 0.3 is 0 Å². The topological polar surface area (TPSA) is 34.4 Å². The molecular formula is C9H7ClN2O. The van der Waals surface area contributed by atoms with Gasteiger partial charge in [-0.2, -0.15) is 0 Å². The molecular weight excluding hydrogens is 188 g/mol. The monoisotopic (exact) mass is 194 g/mol. The highest BCUT2D eigenvalue weighted by Crippen LogP contribution is 1.99. The van der Waals surface area contributed by atoms with Crippen LogP contribution in [0, 0.1) is 0 Å². The van der Waals surface area contributed by atoms with Crippen molar-refractivity contribution in [1.82, 2.24) is 9.38 Å². The van der Waals surface area contributed by atoms with Crippen LogP contribution in [0.4, 0.5) is 0 Å². The Labute approximate surface area is 79.6 Å². The van der Waals surface area contributed by atoms with Gasteiger partial charge in [0, 0.05) is 12.4 Å². The molecule has 0 bridgehead atoms. The number of halogens is 1. The van der Waals surface area contributed by atoms with E-state index in [9.17, 15) is 4.79 Å². The fraction of sp³-hybridized carbons (Fsp3) is 0.111. The minimum atomic E-state index is -0.0967. The molecule has 0 saturated heterocycles. The molecule has 0 aromatic carbocycles. The van der Waals surface area contributed by atoms with Crippen LogP contribution in [0.25, 0.3) is 5.65 Å². The maximum Gasteiger partial charge on any atom is 0.262 e. The minimum Gasteiger partial charge on any atom is -0.269 e. The van der Waals surface area contributed by atoms with Gasteiger partial charge in [0.15, 0.2) is 0 Å². The SMILES string of the molecule is O=c1c(CCl)cnc2ccccn12. The molecule has 2 heterocycles. The third-order valence-electron chi connectivity index (χ3n) is 1.83. The van der Waals surface area contributed by atoms with Crippen LogP contribution in [0.3, 0.4) is 0 Å². The molecule has 0 amide bonds. The zero-order chi connectivity index (χ0) is 9.26. The van der Waals surface area contributed by atoms with E-state index in [1.807, 2.05) is 6.07 Å². The van der Waals surface area contributed by atoms with Crippen molar-refractivity contribution in [3.63, 3.8) is 0 Å². The minimum absolute atomic E-state index is 0.0967. The highest BCUT2D eigenvalue weighted by molar-refractivity contribution is 6.17. The lowest BCUT2D eigenvalue weighted by Gasteiger charge is -1.99. The first-order chi connectivity index (χ1) is 6.33. The fourth-order valence-electron chi connectivity index (χ4n) is 1.16. The Hall–Kier alpha value is -1.35. The largest absolute Gasteiger partial charge is 0.269 e. The van der Waals surface area contributed by atoms with E-state index in [1.165, 1.54) is 10.6 Å². The second kappa shape index (κ2) is 3.18. The first-order valence-electron chi connectivity index (χ1n) is 3.84. The number of alkyl halides is 1. The number of nitrogens with zero attached hydrogens (tertiary/aromatic N) is 2. The van der Waals surface area contributed by atoms with Crippen molar-refractivity contribution in [2.75, 3.05) is 0 Å². The fourth-order valence-corrected chi connectivity index (χ4v) is 1.34. The summed E-state index contributed by atoms with van der Waals surface area (Å²) in [6, 6.07) is 5.40. The van der Waals surface area contributed by atoms with Gasteiger partial charge in [0.25, 0.3) is 5.56 Å². The third-order valence-corrected chi connectivity index (χ3v) is 2.12. The van der Waals surface area contributed by atoms with E-state index in [-0.39, 0.29) is 11.4 Å². The number of fused-ring (bicyclic) bond motifs is 1. The molecule has 0 aliphatic rings. The molecule has 0 fully saturated rings. The molecule has 0 radical (unpaired) electrons. The lowest BCUT2D eigenvalue weighted by Crippen LogP contribution is -2.17. The highest BCUT2D eigenvalue weighted by Gasteiger charge is 2.01. The van der Waals surface area contributed by atoms with E-state index in [0.29, 0.717) is 11.2 Å². The molecule has 2 aromatic rings. The number of hydrogen-bond donors (Lipinski definition) is 0. The van der Waals surface area contributed by atoms with Gasteiger partial charge in [0.1, 0.15) is 5.65 Å². The molecule has 0 saturated carbocycles. The number of pyridine rings is 1. The van der Waals surface area contributed by atoms with Crippen LogP contribution in [0.1, 0.15) is 5.56 Å². The standard InChI is InChI=1S/C9H7ClN2O/c10-5-7-6-11-8-3-1-2-4-12(8)9(7)13/h1-4,6H,5H2. The van der Waals surface area contributed by atoms with Crippen molar-refractivity contribution in [1.29, 1.82) is 0 Å².